The van der Waals surface area contributed by atoms with Crippen molar-refractivity contribution in [3.05, 3.63) is 0 Å². The van der Waals surface area contributed by atoms with Crippen molar-refractivity contribution in [3.8, 4) is 0 Å². The average molecular weight is 228 g/mol. The van der Waals surface area contributed by atoms with E-state index in [2.05, 4.69) is 0 Å². The fraction of sp³-hybridized carbons (Fsp3) is 0.917. The molecule has 1 amide bonds. The third-order valence-electron chi connectivity index (χ3n) is 3.35. The van der Waals surface area contributed by atoms with Gasteiger partial charge in [0, 0.05) is 13.1 Å². The first kappa shape index (κ1) is 13.5. The Bertz CT molecular complexity index is 259. The van der Waals surface area contributed by atoms with Gasteiger partial charge < -0.3 is 15.7 Å². The highest BCUT2D eigenvalue weighted by Gasteiger charge is 2.35. The van der Waals surface area contributed by atoms with Crippen molar-refractivity contribution < 1.29 is 9.90 Å². The highest BCUT2D eigenvalue weighted by Crippen LogP contribution is 2.24. The third kappa shape index (κ3) is 3.19. The number of nitrogens with zero attached hydrogens (tertiary/aromatic N) is 1. The van der Waals surface area contributed by atoms with Crippen molar-refractivity contribution in [1.29, 1.82) is 0 Å². The molecule has 1 saturated heterocycles. The first-order valence-electron chi connectivity index (χ1n) is 5.90. The number of rotatable bonds is 1. The fourth-order valence-corrected chi connectivity index (χ4v) is 1.78. The number of hydrogen-bond donors (Lipinski definition) is 2. The van der Waals surface area contributed by atoms with Gasteiger partial charge in [-0.3, -0.25) is 4.79 Å². The molecule has 1 heterocycles. The molecule has 4 nitrogen and oxygen atoms in total. The molecule has 3 N–H and O–H groups in total. The third-order valence-corrected chi connectivity index (χ3v) is 3.35. The summed E-state index contributed by atoms with van der Waals surface area (Å²) in [5.74, 6) is 0.00278. The number of hydrogen-bond acceptors (Lipinski definition) is 3. The first-order chi connectivity index (χ1) is 7.13. The van der Waals surface area contributed by atoms with E-state index < -0.39 is 11.6 Å². The van der Waals surface area contributed by atoms with Gasteiger partial charge in [0.05, 0.1) is 11.6 Å². The maximum atomic E-state index is 12.1. The number of amides is 1. The van der Waals surface area contributed by atoms with E-state index in [0.29, 0.717) is 25.9 Å². The number of nitrogens with two attached hydrogens (primary N) is 1. The van der Waals surface area contributed by atoms with Gasteiger partial charge in [-0.2, -0.15) is 0 Å². The van der Waals surface area contributed by atoms with E-state index in [4.69, 9.17) is 5.73 Å². The summed E-state index contributed by atoms with van der Waals surface area (Å²) in [4.78, 5) is 13.8. The molecule has 0 aliphatic carbocycles. The molecule has 1 atom stereocenters. The van der Waals surface area contributed by atoms with Crippen molar-refractivity contribution >= 4 is 5.91 Å². The van der Waals surface area contributed by atoms with Crippen LogP contribution in [0.1, 0.15) is 40.5 Å². The van der Waals surface area contributed by atoms with Crippen LogP contribution < -0.4 is 5.73 Å². The number of piperidine rings is 1. The van der Waals surface area contributed by atoms with Crippen molar-refractivity contribution in [2.75, 3.05) is 13.1 Å². The molecule has 0 radical (unpaired) electrons. The van der Waals surface area contributed by atoms with Crippen LogP contribution in [0, 0.1) is 5.41 Å². The number of aliphatic hydroxyl groups is 1. The molecule has 16 heavy (non-hydrogen) atoms. The van der Waals surface area contributed by atoms with Gasteiger partial charge in [-0.15, -0.1) is 0 Å². The lowest BCUT2D eigenvalue weighted by Gasteiger charge is -2.38. The monoisotopic (exact) mass is 228 g/mol. The van der Waals surface area contributed by atoms with Crippen molar-refractivity contribution in [3.63, 3.8) is 0 Å². The largest absolute Gasteiger partial charge is 0.390 e. The Balaban J connectivity index is 2.58. The summed E-state index contributed by atoms with van der Waals surface area (Å²) >= 11 is 0. The standard InChI is InChI=1S/C12H24N2O2/c1-11(2,3)9(13)10(15)14-7-5-12(4,16)6-8-14/h9,16H,5-8,13H2,1-4H3/t9-/m0/s1. The normalized spacial score (nSPS) is 23.0. The molecule has 1 rings (SSSR count). The Morgan fingerprint density at radius 1 is 1.38 bits per heavy atom. The quantitative estimate of drug-likeness (QED) is 0.695. The van der Waals surface area contributed by atoms with Gasteiger partial charge in [0.15, 0.2) is 0 Å². The Morgan fingerprint density at radius 2 is 1.81 bits per heavy atom. The van der Waals surface area contributed by atoms with Crippen LogP contribution >= 0.6 is 0 Å². The second kappa shape index (κ2) is 4.34. The summed E-state index contributed by atoms with van der Waals surface area (Å²) in [7, 11) is 0. The van der Waals surface area contributed by atoms with E-state index in [1.165, 1.54) is 0 Å². The molecule has 0 unspecified atom stereocenters. The molecule has 0 spiro atoms. The smallest absolute Gasteiger partial charge is 0.240 e. The molecule has 0 aromatic heterocycles. The highest BCUT2D eigenvalue weighted by atomic mass is 16.3. The molecule has 0 saturated carbocycles. The lowest BCUT2D eigenvalue weighted by molar-refractivity contribution is -0.138. The lowest BCUT2D eigenvalue weighted by atomic mass is 9.85. The van der Waals surface area contributed by atoms with Crippen LogP contribution in [0.5, 0.6) is 0 Å². The number of carbonyl (C=O) groups is 1. The van der Waals surface area contributed by atoms with Crippen LogP contribution in [0.4, 0.5) is 0 Å². The second-order valence-corrected chi connectivity index (χ2v) is 6.17. The van der Waals surface area contributed by atoms with E-state index in [1.54, 1.807) is 4.90 Å². The van der Waals surface area contributed by atoms with Gasteiger partial charge >= 0.3 is 0 Å². The zero-order chi connectivity index (χ0) is 12.6. The van der Waals surface area contributed by atoms with E-state index in [0.717, 1.165) is 0 Å². The van der Waals surface area contributed by atoms with Gasteiger partial charge in [-0.05, 0) is 25.2 Å². The zero-order valence-electron chi connectivity index (χ0n) is 10.8. The maximum Gasteiger partial charge on any atom is 0.240 e. The van der Waals surface area contributed by atoms with Crippen LogP contribution in [0.15, 0.2) is 0 Å². The van der Waals surface area contributed by atoms with Crippen LogP contribution in [0.2, 0.25) is 0 Å². The van der Waals surface area contributed by atoms with Crippen molar-refractivity contribution in [1.82, 2.24) is 4.90 Å². The topological polar surface area (TPSA) is 66.6 Å². The second-order valence-electron chi connectivity index (χ2n) is 6.17. The van der Waals surface area contributed by atoms with Crippen LogP contribution in [-0.4, -0.2) is 40.6 Å². The average Bonchev–Trinajstić information content (AvgIpc) is 2.14. The maximum absolute atomic E-state index is 12.1. The summed E-state index contributed by atoms with van der Waals surface area (Å²) in [5.41, 5.74) is 5.11. The molecule has 94 valence electrons. The minimum absolute atomic E-state index is 0.00278. The fourth-order valence-electron chi connectivity index (χ4n) is 1.78. The Labute approximate surface area is 97.8 Å². The molecular formula is C12H24N2O2. The molecule has 4 heteroatoms. The summed E-state index contributed by atoms with van der Waals surface area (Å²) in [6.45, 7) is 8.94. The summed E-state index contributed by atoms with van der Waals surface area (Å²) < 4.78 is 0. The van der Waals surface area contributed by atoms with Gasteiger partial charge in [0.2, 0.25) is 5.91 Å². The number of likely N-dealkylation sites (tertiary alicyclic amines) is 1. The summed E-state index contributed by atoms with van der Waals surface area (Å²) in [6, 6.07) is -0.462. The molecule has 0 aromatic carbocycles. The molecule has 1 aliphatic heterocycles. The van der Waals surface area contributed by atoms with Crippen molar-refractivity contribution in [2.45, 2.75) is 52.2 Å². The van der Waals surface area contributed by atoms with Crippen LogP contribution in [-0.2, 0) is 4.79 Å². The molecule has 0 aromatic rings. The lowest BCUT2D eigenvalue weighted by Crippen LogP contribution is -2.54. The predicted octanol–water partition coefficient (Wildman–Crippen LogP) is 0.733. The summed E-state index contributed by atoms with van der Waals surface area (Å²) in [6.07, 6.45) is 1.27. The molecule has 0 bridgehead atoms. The van der Waals surface area contributed by atoms with E-state index in [-0.39, 0.29) is 11.3 Å². The molecule has 1 aliphatic rings. The van der Waals surface area contributed by atoms with Gasteiger partial charge in [-0.1, -0.05) is 20.8 Å². The number of carbonyl (C=O) groups excluding carboxylic acids is 1. The predicted molar refractivity (Wildman–Crippen MR) is 63.9 cm³/mol. The van der Waals surface area contributed by atoms with E-state index in [1.807, 2.05) is 27.7 Å². The van der Waals surface area contributed by atoms with Crippen LogP contribution in [0.3, 0.4) is 0 Å². The molecule has 1 fully saturated rings. The van der Waals surface area contributed by atoms with Crippen molar-refractivity contribution in [2.24, 2.45) is 11.1 Å². The SMILES string of the molecule is CC1(O)CCN(C(=O)[C@H](N)C(C)(C)C)CC1. The Hall–Kier alpha value is -0.610. The minimum atomic E-state index is -0.622. The Morgan fingerprint density at radius 3 is 2.19 bits per heavy atom. The summed E-state index contributed by atoms with van der Waals surface area (Å²) in [5, 5.41) is 9.80. The molecular weight excluding hydrogens is 204 g/mol. The highest BCUT2D eigenvalue weighted by molar-refractivity contribution is 5.82. The van der Waals surface area contributed by atoms with Crippen LogP contribution in [0.25, 0.3) is 0 Å². The zero-order valence-corrected chi connectivity index (χ0v) is 10.8. The van der Waals surface area contributed by atoms with E-state index >= 15 is 0 Å². The minimum Gasteiger partial charge on any atom is -0.390 e. The van der Waals surface area contributed by atoms with Gasteiger partial charge in [0.25, 0.3) is 0 Å². The first-order valence-corrected chi connectivity index (χ1v) is 5.90. The van der Waals surface area contributed by atoms with E-state index in [9.17, 15) is 9.90 Å². The Kier molecular flexibility index (Phi) is 3.65. The van der Waals surface area contributed by atoms with Gasteiger partial charge in [0.1, 0.15) is 0 Å². The van der Waals surface area contributed by atoms with Gasteiger partial charge in [-0.25, -0.2) is 0 Å².